The van der Waals surface area contributed by atoms with Crippen LogP contribution in [0.5, 0.6) is 0 Å². The van der Waals surface area contributed by atoms with E-state index in [1.165, 1.54) is 16.6 Å². The average Bonchev–Trinajstić information content (AvgIpc) is 3.23. The Balaban J connectivity index is 1.56. The molecule has 4 rings (SSSR count). The number of hydrogen-bond acceptors (Lipinski definition) is 5. The Morgan fingerprint density at radius 1 is 1.11 bits per heavy atom. The molecule has 0 radical (unpaired) electrons. The molecule has 0 saturated carbocycles. The molecule has 0 fully saturated rings. The maximum atomic E-state index is 13.0. The van der Waals surface area contributed by atoms with Gasteiger partial charge in [-0.2, -0.15) is 4.31 Å². The fraction of sp³-hybridized carbons (Fsp3) is 0.200. The second-order valence-electron chi connectivity index (χ2n) is 6.72. The van der Waals surface area contributed by atoms with Crippen LogP contribution in [0.25, 0.3) is 0 Å². The van der Waals surface area contributed by atoms with E-state index in [0.717, 1.165) is 16.7 Å². The van der Waals surface area contributed by atoms with Gasteiger partial charge in [-0.3, -0.25) is 4.79 Å². The smallest absolute Gasteiger partial charge is 0.294 e. The maximum Gasteiger partial charge on any atom is 0.294 e. The zero-order valence-electron chi connectivity index (χ0n) is 15.3. The van der Waals surface area contributed by atoms with E-state index in [1.54, 1.807) is 36.4 Å². The van der Waals surface area contributed by atoms with E-state index in [2.05, 4.69) is 10.5 Å². The lowest BCUT2D eigenvalue weighted by Gasteiger charge is -2.28. The molecule has 0 saturated heterocycles. The number of benzene rings is 2. The molecule has 2 aromatic carbocycles. The van der Waals surface area contributed by atoms with E-state index < -0.39 is 15.9 Å². The summed E-state index contributed by atoms with van der Waals surface area (Å²) in [6, 6.07) is 13.9. The molecule has 2 heterocycles. The normalized spacial score (nSPS) is 14.5. The summed E-state index contributed by atoms with van der Waals surface area (Å²) in [5.74, 6) is -0.293. The molecule has 0 unspecified atom stereocenters. The third-order valence-electron chi connectivity index (χ3n) is 4.76. The van der Waals surface area contributed by atoms with Crippen LogP contribution in [0.3, 0.4) is 0 Å². The second-order valence-corrected chi connectivity index (χ2v) is 8.65. The van der Waals surface area contributed by atoms with Crippen LogP contribution in [0.15, 0.2) is 64.1 Å². The molecule has 1 N–H and O–H groups in total. The highest BCUT2D eigenvalue weighted by molar-refractivity contribution is 7.89. The highest BCUT2D eigenvalue weighted by atomic mass is 32.2. The number of fused-ring (bicyclic) bond motifs is 1. The van der Waals surface area contributed by atoms with Crippen LogP contribution in [-0.4, -0.2) is 30.3 Å². The SMILES string of the molecule is Cc1ccc(S(=O)(=O)N2CCc3ccc(NC(=O)c4ccno4)cc3C2)cc1. The van der Waals surface area contributed by atoms with Crippen molar-refractivity contribution in [1.82, 2.24) is 9.46 Å². The number of rotatable bonds is 4. The molecule has 0 atom stereocenters. The third kappa shape index (κ3) is 3.56. The summed E-state index contributed by atoms with van der Waals surface area (Å²) in [5.41, 5.74) is 3.54. The van der Waals surface area contributed by atoms with Gasteiger partial charge in [0.15, 0.2) is 0 Å². The standard InChI is InChI=1S/C20H19N3O4S/c1-14-2-6-18(7-3-14)28(25,26)23-11-9-15-4-5-17(12-16(15)13-23)22-20(24)19-8-10-21-27-19/h2-8,10,12H,9,11,13H2,1H3,(H,22,24). The Morgan fingerprint density at radius 3 is 2.61 bits per heavy atom. The monoisotopic (exact) mass is 397 g/mol. The van der Waals surface area contributed by atoms with Gasteiger partial charge in [-0.15, -0.1) is 0 Å². The topological polar surface area (TPSA) is 92.5 Å². The summed E-state index contributed by atoms with van der Waals surface area (Å²) in [7, 11) is -3.57. The summed E-state index contributed by atoms with van der Waals surface area (Å²) in [5, 5.41) is 6.26. The number of nitrogens with one attached hydrogen (secondary N) is 1. The fourth-order valence-corrected chi connectivity index (χ4v) is 4.62. The van der Waals surface area contributed by atoms with Crippen molar-refractivity contribution >= 4 is 21.6 Å². The van der Waals surface area contributed by atoms with Gasteiger partial charge >= 0.3 is 0 Å². The summed E-state index contributed by atoms with van der Waals surface area (Å²) >= 11 is 0. The lowest BCUT2D eigenvalue weighted by molar-refractivity contribution is 0.0988. The first kappa shape index (κ1) is 18.4. The number of amides is 1. The van der Waals surface area contributed by atoms with E-state index in [0.29, 0.717) is 18.7 Å². The van der Waals surface area contributed by atoms with Gasteiger partial charge in [-0.25, -0.2) is 8.42 Å². The molecular formula is C20H19N3O4S. The van der Waals surface area contributed by atoms with Crippen LogP contribution in [0, 0.1) is 6.92 Å². The first-order valence-electron chi connectivity index (χ1n) is 8.84. The molecule has 0 bridgehead atoms. The van der Waals surface area contributed by atoms with Gasteiger partial charge in [0.1, 0.15) is 0 Å². The molecule has 8 heteroatoms. The Bertz CT molecular complexity index is 1110. The number of aromatic nitrogens is 1. The summed E-state index contributed by atoms with van der Waals surface area (Å²) in [6.45, 7) is 2.60. The molecule has 0 aliphatic carbocycles. The van der Waals surface area contributed by atoms with E-state index in [-0.39, 0.29) is 17.2 Å². The summed E-state index contributed by atoms with van der Waals surface area (Å²) in [6.07, 6.45) is 2.02. The Labute approximate surface area is 163 Å². The van der Waals surface area contributed by atoms with Crippen LogP contribution >= 0.6 is 0 Å². The lowest BCUT2D eigenvalue weighted by Crippen LogP contribution is -2.36. The van der Waals surface area contributed by atoms with Crippen LogP contribution in [0.1, 0.15) is 27.2 Å². The van der Waals surface area contributed by atoms with E-state index in [4.69, 9.17) is 4.52 Å². The number of carbonyl (C=O) groups excluding carboxylic acids is 1. The molecule has 3 aromatic rings. The molecule has 1 amide bonds. The van der Waals surface area contributed by atoms with Crippen molar-refractivity contribution in [1.29, 1.82) is 0 Å². The minimum absolute atomic E-state index is 0.112. The third-order valence-corrected chi connectivity index (χ3v) is 6.62. The molecule has 1 aromatic heterocycles. The Morgan fingerprint density at radius 2 is 1.89 bits per heavy atom. The second kappa shape index (κ2) is 7.21. The molecule has 28 heavy (non-hydrogen) atoms. The van der Waals surface area contributed by atoms with Crippen molar-refractivity contribution < 1.29 is 17.7 Å². The summed E-state index contributed by atoms with van der Waals surface area (Å²) in [4.78, 5) is 12.4. The van der Waals surface area contributed by atoms with Gasteiger partial charge in [0.25, 0.3) is 5.91 Å². The quantitative estimate of drug-likeness (QED) is 0.731. The van der Waals surface area contributed by atoms with Crippen molar-refractivity contribution in [2.45, 2.75) is 24.8 Å². The van der Waals surface area contributed by atoms with Crippen LogP contribution in [0.4, 0.5) is 5.69 Å². The van der Waals surface area contributed by atoms with Gasteiger partial charge in [-0.05, 0) is 48.7 Å². The highest BCUT2D eigenvalue weighted by Gasteiger charge is 2.28. The molecule has 7 nitrogen and oxygen atoms in total. The van der Waals surface area contributed by atoms with E-state index in [1.807, 2.05) is 13.0 Å². The van der Waals surface area contributed by atoms with Crippen molar-refractivity contribution in [3.05, 3.63) is 77.2 Å². The summed E-state index contributed by atoms with van der Waals surface area (Å²) < 4.78 is 32.3. The van der Waals surface area contributed by atoms with Crippen molar-refractivity contribution in [2.24, 2.45) is 0 Å². The minimum Gasteiger partial charge on any atom is -0.351 e. The number of nitrogens with zero attached hydrogens (tertiary/aromatic N) is 2. The lowest BCUT2D eigenvalue weighted by atomic mass is 10.0. The predicted molar refractivity (Wildman–Crippen MR) is 103 cm³/mol. The first-order chi connectivity index (χ1) is 13.4. The molecular weight excluding hydrogens is 378 g/mol. The van der Waals surface area contributed by atoms with Gasteiger partial charge in [-0.1, -0.05) is 28.9 Å². The van der Waals surface area contributed by atoms with Gasteiger partial charge in [0, 0.05) is 24.8 Å². The molecule has 1 aliphatic rings. The first-order valence-corrected chi connectivity index (χ1v) is 10.3. The number of carbonyl (C=O) groups is 1. The Kier molecular flexibility index (Phi) is 4.74. The predicted octanol–water partition coefficient (Wildman–Crippen LogP) is 2.98. The van der Waals surface area contributed by atoms with Gasteiger partial charge in [0.05, 0.1) is 11.1 Å². The minimum atomic E-state index is -3.57. The number of hydrogen-bond donors (Lipinski definition) is 1. The zero-order valence-corrected chi connectivity index (χ0v) is 16.1. The van der Waals surface area contributed by atoms with Crippen LogP contribution in [0.2, 0.25) is 0 Å². The van der Waals surface area contributed by atoms with Gasteiger partial charge in [0.2, 0.25) is 15.8 Å². The van der Waals surface area contributed by atoms with E-state index in [9.17, 15) is 13.2 Å². The van der Waals surface area contributed by atoms with Gasteiger partial charge < -0.3 is 9.84 Å². The zero-order chi connectivity index (χ0) is 19.7. The molecule has 1 aliphatic heterocycles. The highest BCUT2D eigenvalue weighted by Crippen LogP contribution is 2.27. The van der Waals surface area contributed by atoms with Crippen molar-refractivity contribution in [3.8, 4) is 0 Å². The largest absolute Gasteiger partial charge is 0.351 e. The fourth-order valence-electron chi connectivity index (χ4n) is 3.20. The maximum absolute atomic E-state index is 13.0. The molecule has 0 spiro atoms. The number of aryl methyl sites for hydroxylation is 1. The number of anilines is 1. The van der Waals surface area contributed by atoms with Crippen molar-refractivity contribution in [3.63, 3.8) is 0 Å². The van der Waals surface area contributed by atoms with E-state index >= 15 is 0 Å². The van der Waals surface area contributed by atoms with Crippen LogP contribution in [-0.2, 0) is 23.0 Å². The average molecular weight is 397 g/mol. The number of sulfonamides is 1. The molecule has 144 valence electrons. The Hall–Kier alpha value is -2.97. The van der Waals surface area contributed by atoms with Crippen molar-refractivity contribution in [2.75, 3.05) is 11.9 Å². The van der Waals surface area contributed by atoms with Crippen LogP contribution < -0.4 is 5.32 Å².